The maximum Gasteiger partial charge on any atom is 0.202 e. The highest BCUT2D eigenvalue weighted by molar-refractivity contribution is 5.76. The molecule has 19 heavy (non-hydrogen) atoms. The lowest BCUT2D eigenvalue weighted by Crippen LogP contribution is -2.35. The van der Waals surface area contributed by atoms with E-state index >= 15 is 0 Å². The Hall–Kier alpha value is -1.35. The average Bonchev–Trinajstić information content (AvgIpc) is 2.72. The van der Waals surface area contributed by atoms with Gasteiger partial charge in [0.1, 0.15) is 5.52 Å². The molecule has 1 aliphatic carbocycles. The number of benzene rings is 1. The number of aryl methyl sites for hydroxylation is 1. The minimum Gasteiger partial charge on any atom is -0.440 e. The van der Waals surface area contributed by atoms with Gasteiger partial charge >= 0.3 is 0 Å². The van der Waals surface area contributed by atoms with Gasteiger partial charge in [0, 0.05) is 6.54 Å². The Kier molecular flexibility index (Phi) is 3.31. The van der Waals surface area contributed by atoms with E-state index in [4.69, 9.17) is 15.1 Å². The number of para-hydroxylation sites is 1. The van der Waals surface area contributed by atoms with Crippen molar-refractivity contribution in [2.24, 2.45) is 5.73 Å². The minimum atomic E-state index is -0.0397. The number of fused-ring (bicyclic) bond motifs is 1. The van der Waals surface area contributed by atoms with Gasteiger partial charge in [0.05, 0.1) is 5.41 Å². The number of aromatic nitrogens is 1. The molecule has 1 heterocycles. The van der Waals surface area contributed by atoms with Crippen molar-refractivity contribution < 1.29 is 4.42 Å². The lowest BCUT2D eigenvalue weighted by atomic mass is 9.80. The minimum absolute atomic E-state index is 0.0397. The standard InChI is InChI=1S/C16H22N2O/c1-12-7-6-8-13-14(12)18-15(19-13)16(11-17)9-4-2-3-5-10-16/h6-8H,2-5,9-11,17H2,1H3. The molecule has 0 aliphatic heterocycles. The van der Waals surface area contributed by atoms with Crippen LogP contribution in [0.1, 0.15) is 50.0 Å². The molecule has 0 amide bonds. The van der Waals surface area contributed by atoms with E-state index in [1.54, 1.807) is 0 Å². The summed E-state index contributed by atoms with van der Waals surface area (Å²) in [5.74, 6) is 0.862. The zero-order chi connectivity index (χ0) is 13.3. The predicted molar refractivity (Wildman–Crippen MR) is 77.2 cm³/mol. The summed E-state index contributed by atoms with van der Waals surface area (Å²) >= 11 is 0. The molecule has 0 spiro atoms. The van der Waals surface area contributed by atoms with Crippen LogP contribution in [-0.4, -0.2) is 11.5 Å². The summed E-state index contributed by atoms with van der Waals surface area (Å²) in [6, 6.07) is 6.10. The fourth-order valence-electron chi connectivity index (χ4n) is 3.22. The maximum atomic E-state index is 6.10. The molecular formula is C16H22N2O. The maximum absolute atomic E-state index is 6.10. The molecular weight excluding hydrogens is 236 g/mol. The SMILES string of the molecule is Cc1cccc2oc(C3(CN)CCCCCC3)nc12. The molecule has 2 N–H and O–H groups in total. The van der Waals surface area contributed by atoms with Gasteiger partial charge in [-0.05, 0) is 31.4 Å². The number of hydrogen-bond acceptors (Lipinski definition) is 3. The molecule has 0 radical (unpaired) electrons. The van der Waals surface area contributed by atoms with Crippen LogP contribution in [0.15, 0.2) is 22.6 Å². The molecule has 1 aromatic heterocycles. The molecule has 0 unspecified atom stereocenters. The molecule has 102 valence electrons. The quantitative estimate of drug-likeness (QED) is 0.836. The van der Waals surface area contributed by atoms with Gasteiger partial charge in [-0.25, -0.2) is 4.98 Å². The monoisotopic (exact) mass is 258 g/mol. The van der Waals surface area contributed by atoms with Gasteiger partial charge in [-0.1, -0.05) is 37.8 Å². The largest absolute Gasteiger partial charge is 0.440 e. The van der Waals surface area contributed by atoms with Crippen molar-refractivity contribution in [3.8, 4) is 0 Å². The van der Waals surface area contributed by atoms with E-state index in [0.717, 1.165) is 29.8 Å². The van der Waals surface area contributed by atoms with E-state index in [1.165, 1.54) is 31.2 Å². The zero-order valence-electron chi connectivity index (χ0n) is 11.6. The van der Waals surface area contributed by atoms with E-state index in [1.807, 2.05) is 12.1 Å². The highest BCUT2D eigenvalue weighted by atomic mass is 16.3. The van der Waals surface area contributed by atoms with Gasteiger partial charge < -0.3 is 10.2 Å². The van der Waals surface area contributed by atoms with Crippen molar-refractivity contribution in [2.75, 3.05) is 6.54 Å². The first-order valence-corrected chi connectivity index (χ1v) is 7.32. The second kappa shape index (κ2) is 4.97. The van der Waals surface area contributed by atoms with Crippen LogP contribution in [0.5, 0.6) is 0 Å². The van der Waals surface area contributed by atoms with Crippen molar-refractivity contribution in [3.05, 3.63) is 29.7 Å². The van der Waals surface area contributed by atoms with Crippen molar-refractivity contribution in [1.82, 2.24) is 4.98 Å². The predicted octanol–water partition coefficient (Wildman–Crippen LogP) is 3.69. The van der Waals surface area contributed by atoms with Crippen LogP contribution in [0.3, 0.4) is 0 Å². The molecule has 3 rings (SSSR count). The van der Waals surface area contributed by atoms with Crippen molar-refractivity contribution >= 4 is 11.1 Å². The molecule has 0 saturated heterocycles. The fraction of sp³-hybridized carbons (Fsp3) is 0.562. The second-order valence-corrected chi connectivity index (χ2v) is 5.84. The summed E-state index contributed by atoms with van der Waals surface area (Å²) in [6.07, 6.45) is 7.29. The third-order valence-corrected chi connectivity index (χ3v) is 4.53. The van der Waals surface area contributed by atoms with Crippen LogP contribution in [0, 0.1) is 6.92 Å². The first-order valence-electron chi connectivity index (χ1n) is 7.32. The van der Waals surface area contributed by atoms with Gasteiger partial charge in [0.15, 0.2) is 5.58 Å². The van der Waals surface area contributed by atoms with Gasteiger partial charge in [0.2, 0.25) is 5.89 Å². The second-order valence-electron chi connectivity index (χ2n) is 5.84. The average molecular weight is 258 g/mol. The number of oxazole rings is 1. The van der Waals surface area contributed by atoms with E-state index in [9.17, 15) is 0 Å². The van der Waals surface area contributed by atoms with Gasteiger partial charge in [-0.3, -0.25) is 0 Å². The molecule has 1 aliphatic rings. The molecule has 0 bridgehead atoms. The van der Waals surface area contributed by atoms with E-state index in [2.05, 4.69) is 13.0 Å². The Morgan fingerprint density at radius 2 is 1.95 bits per heavy atom. The van der Waals surface area contributed by atoms with Gasteiger partial charge in [-0.15, -0.1) is 0 Å². The lowest BCUT2D eigenvalue weighted by Gasteiger charge is -2.27. The summed E-state index contributed by atoms with van der Waals surface area (Å²) in [6.45, 7) is 2.72. The van der Waals surface area contributed by atoms with Crippen LogP contribution in [0.25, 0.3) is 11.1 Å². The number of nitrogens with zero attached hydrogens (tertiary/aromatic N) is 1. The summed E-state index contributed by atoms with van der Waals surface area (Å²) in [5.41, 5.74) is 9.12. The third-order valence-electron chi connectivity index (χ3n) is 4.53. The van der Waals surface area contributed by atoms with E-state index in [0.29, 0.717) is 6.54 Å². The summed E-state index contributed by atoms with van der Waals surface area (Å²) in [4.78, 5) is 4.77. The Morgan fingerprint density at radius 1 is 1.21 bits per heavy atom. The third kappa shape index (κ3) is 2.16. The number of nitrogens with two attached hydrogens (primary N) is 1. The number of rotatable bonds is 2. The molecule has 1 fully saturated rings. The highest BCUT2D eigenvalue weighted by Gasteiger charge is 2.36. The van der Waals surface area contributed by atoms with E-state index in [-0.39, 0.29) is 5.41 Å². The van der Waals surface area contributed by atoms with Crippen LogP contribution in [0.2, 0.25) is 0 Å². The van der Waals surface area contributed by atoms with Crippen molar-refractivity contribution in [2.45, 2.75) is 50.9 Å². The van der Waals surface area contributed by atoms with E-state index < -0.39 is 0 Å². The van der Waals surface area contributed by atoms with Gasteiger partial charge in [-0.2, -0.15) is 0 Å². The van der Waals surface area contributed by atoms with Crippen LogP contribution in [0.4, 0.5) is 0 Å². The summed E-state index contributed by atoms with van der Waals surface area (Å²) < 4.78 is 6.05. The fourth-order valence-corrected chi connectivity index (χ4v) is 3.22. The first-order chi connectivity index (χ1) is 9.25. The Morgan fingerprint density at radius 3 is 2.58 bits per heavy atom. The Labute approximate surface area is 114 Å². The molecule has 1 aromatic carbocycles. The molecule has 2 aromatic rings. The topological polar surface area (TPSA) is 52.0 Å². The summed E-state index contributed by atoms with van der Waals surface area (Å²) in [5, 5.41) is 0. The van der Waals surface area contributed by atoms with Crippen molar-refractivity contribution in [3.63, 3.8) is 0 Å². The zero-order valence-corrected chi connectivity index (χ0v) is 11.6. The summed E-state index contributed by atoms with van der Waals surface area (Å²) in [7, 11) is 0. The van der Waals surface area contributed by atoms with Crippen molar-refractivity contribution in [1.29, 1.82) is 0 Å². The smallest absolute Gasteiger partial charge is 0.202 e. The Balaban J connectivity index is 2.07. The van der Waals surface area contributed by atoms with Crippen LogP contribution < -0.4 is 5.73 Å². The molecule has 3 nitrogen and oxygen atoms in total. The first kappa shape index (κ1) is 12.7. The van der Waals surface area contributed by atoms with Gasteiger partial charge in [0.25, 0.3) is 0 Å². The Bertz CT molecular complexity index is 565. The van der Waals surface area contributed by atoms with Crippen LogP contribution >= 0.6 is 0 Å². The lowest BCUT2D eigenvalue weighted by molar-refractivity contribution is 0.300. The molecule has 1 saturated carbocycles. The van der Waals surface area contributed by atoms with Crippen LogP contribution in [-0.2, 0) is 5.41 Å². The highest BCUT2D eigenvalue weighted by Crippen LogP contribution is 2.38. The molecule has 3 heteroatoms. The normalized spacial score (nSPS) is 19.5. The molecule has 0 atom stereocenters. The number of hydrogen-bond donors (Lipinski definition) is 1.